The van der Waals surface area contributed by atoms with Gasteiger partial charge in [0, 0.05) is 36.3 Å². The first kappa shape index (κ1) is 16.3. The number of nitrogens with zero attached hydrogens (tertiary/aromatic N) is 3. The molecule has 0 atom stereocenters. The first-order valence-corrected chi connectivity index (χ1v) is 8.52. The maximum atomic E-state index is 12.4. The number of para-hydroxylation sites is 1. The molecular weight excluding hydrogens is 368 g/mol. The summed E-state index contributed by atoms with van der Waals surface area (Å²) in [6, 6.07) is 17.2. The van der Waals surface area contributed by atoms with Crippen molar-refractivity contribution in [1.29, 1.82) is 5.26 Å². The number of nitrogens with one attached hydrogen (secondary N) is 1. The third-order valence-corrected chi connectivity index (χ3v) is 4.56. The SMILES string of the molecule is N#Cc1ccccc1N1CCN(C(=O)Nc2ccc(Br)cc2)CC1. The topological polar surface area (TPSA) is 59.4 Å². The quantitative estimate of drug-likeness (QED) is 0.858. The highest BCUT2D eigenvalue weighted by Gasteiger charge is 2.22. The van der Waals surface area contributed by atoms with Gasteiger partial charge in [-0.1, -0.05) is 28.1 Å². The molecule has 2 amide bonds. The highest BCUT2D eigenvalue weighted by molar-refractivity contribution is 9.10. The van der Waals surface area contributed by atoms with Crippen molar-refractivity contribution in [1.82, 2.24) is 4.90 Å². The normalized spacial score (nSPS) is 14.2. The number of carbonyl (C=O) groups excluding carboxylic acids is 1. The molecule has 1 heterocycles. The van der Waals surface area contributed by atoms with Crippen molar-refractivity contribution < 1.29 is 4.79 Å². The molecule has 3 rings (SSSR count). The Kier molecular flexibility index (Phi) is 5.02. The number of hydrogen-bond acceptors (Lipinski definition) is 3. The minimum atomic E-state index is -0.0921. The van der Waals surface area contributed by atoms with Gasteiger partial charge in [0.05, 0.1) is 11.3 Å². The van der Waals surface area contributed by atoms with Crippen LogP contribution >= 0.6 is 15.9 Å². The smallest absolute Gasteiger partial charge is 0.321 e. The second-order valence-corrected chi connectivity index (χ2v) is 6.46. The standard InChI is InChI=1S/C18H17BrN4O/c19-15-5-7-16(8-6-15)21-18(24)23-11-9-22(10-12-23)17-4-2-1-3-14(17)13-20/h1-8H,9-12H2,(H,21,24). The summed E-state index contributed by atoms with van der Waals surface area (Å²) in [6.45, 7) is 2.68. The van der Waals surface area contributed by atoms with E-state index in [1.165, 1.54) is 0 Å². The van der Waals surface area contributed by atoms with Crippen LogP contribution in [-0.4, -0.2) is 37.1 Å². The van der Waals surface area contributed by atoms with Crippen LogP contribution in [0.3, 0.4) is 0 Å². The van der Waals surface area contributed by atoms with Crippen LogP contribution in [-0.2, 0) is 0 Å². The zero-order valence-corrected chi connectivity index (χ0v) is 14.7. The minimum absolute atomic E-state index is 0.0921. The molecule has 1 N–H and O–H groups in total. The monoisotopic (exact) mass is 384 g/mol. The van der Waals surface area contributed by atoms with Gasteiger partial charge in [-0.2, -0.15) is 5.26 Å². The van der Waals surface area contributed by atoms with Crippen LogP contribution in [0.1, 0.15) is 5.56 Å². The lowest BCUT2D eigenvalue weighted by atomic mass is 10.1. The van der Waals surface area contributed by atoms with Gasteiger partial charge < -0.3 is 15.1 Å². The predicted molar refractivity (Wildman–Crippen MR) is 98.1 cm³/mol. The van der Waals surface area contributed by atoms with Gasteiger partial charge in [-0.25, -0.2) is 4.79 Å². The molecule has 0 radical (unpaired) electrons. The lowest BCUT2D eigenvalue weighted by molar-refractivity contribution is 0.208. The third kappa shape index (κ3) is 3.69. The van der Waals surface area contributed by atoms with E-state index < -0.39 is 0 Å². The maximum Gasteiger partial charge on any atom is 0.321 e. The molecule has 1 fully saturated rings. The van der Waals surface area contributed by atoms with Crippen molar-refractivity contribution in [3.63, 3.8) is 0 Å². The Labute approximate surface area is 149 Å². The average Bonchev–Trinajstić information content (AvgIpc) is 2.63. The van der Waals surface area contributed by atoms with Gasteiger partial charge >= 0.3 is 6.03 Å². The van der Waals surface area contributed by atoms with Gasteiger partial charge in [0.1, 0.15) is 6.07 Å². The van der Waals surface area contributed by atoms with Gasteiger partial charge in [-0.15, -0.1) is 0 Å². The molecule has 0 bridgehead atoms. The Bertz CT molecular complexity index is 761. The lowest BCUT2D eigenvalue weighted by Crippen LogP contribution is -2.50. The molecule has 0 aliphatic carbocycles. The van der Waals surface area contributed by atoms with Crippen LogP contribution in [0.4, 0.5) is 16.2 Å². The summed E-state index contributed by atoms with van der Waals surface area (Å²) in [7, 11) is 0. The van der Waals surface area contributed by atoms with Gasteiger partial charge in [0.2, 0.25) is 0 Å². The molecule has 2 aromatic rings. The number of rotatable bonds is 2. The van der Waals surface area contributed by atoms with E-state index in [1.807, 2.05) is 48.5 Å². The highest BCUT2D eigenvalue weighted by atomic mass is 79.9. The van der Waals surface area contributed by atoms with Crippen molar-refractivity contribution in [3.8, 4) is 6.07 Å². The largest absolute Gasteiger partial charge is 0.367 e. The summed E-state index contributed by atoms with van der Waals surface area (Å²) in [6.07, 6.45) is 0. The Balaban J connectivity index is 1.59. The van der Waals surface area contributed by atoms with E-state index in [0.717, 1.165) is 15.8 Å². The summed E-state index contributed by atoms with van der Waals surface area (Å²) in [5.74, 6) is 0. The summed E-state index contributed by atoms with van der Waals surface area (Å²) >= 11 is 3.38. The van der Waals surface area contributed by atoms with Crippen LogP contribution in [0.15, 0.2) is 53.0 Å². The zero-order chi connectivity index (χ0) is 16.9. The van der Waals surface area contributed by atoms with Crippen molar-refractivity contribution in [2.75, 3.05) is 36.4 Å². The van der Waals surface area contributed by atoms with E-state index >= 15 is 0 Å². The molecule has 0 saturated carbocycles. The fourth-order valence-corrected chi connectivity index (χ4v) is 2.99. The van der Waals surface area contributed by atoms with Crippen LogP contribution < -0.4 is 10.2 Å². The van der Waals surface area contributed by atoms with E-state index in [-0.39, 0.29) is 6.03 Å². The first-order valence-electron chi connectivity index (χ1n) is 7.73. The fourth-order valence-electron chi connectivity index (χ4n) is 2.73. The molecule has 24 heavy (non-hydrogen) atoms. The highest BCUT2D eigenvalue weighted by Crippen LogP contribution is 2.21. The van der Waals surface area contributed by atoms with E-state index in [0.29, 0.717) is 31.7 Å². The molecule has 6 heteroatoms. The number of benzene rings is 2. The number of carbonyl (C=O) groups is 1. The summed E-state index contributed by atoms with van der Waals surface area (Å²) in [5.41, 5.74) is 2.39. The fraction of sp³-hybridized carbons (Fsp3) is 0.222. The zero-order valence-electron chi connectivity index (χ0n) is 13.1. The van der Waals surface area contributed by atoms with Crippen molar-refractivity contribution in [3.05, 3.63) is 58.6 Å². The molecule has 2 aromatic carbocycles. The molecule has 0 aromatic heterocycles. The predicted octanol–water partition coefficient (Wildman–Crippen LogP) is 3.67. The molecular formula is C18H17BrN4O. The summed E-state index contributed by atoms with van der Waals surface area (Å²) < 4.78 is 0.977. The summed E-state index contributed by atoms with van der Waals surface area (Å²) in [4.78, 5) is 16.3. The Hall–Kier alpha value is -2.52. The van der Waals surface area contributed by atoms with Gasteiger partial charge in [0.25, 0.3) is 0 Å². The average molecular weight is 385 g/mol. The summed E-state index contributed by atoms with van der Waals surface area (Å²) in [5, 5.41) is 12.1. The number of anilines is 2. The number of hydrogen-bond donors (Lipinski definition) is 1. The van der Waals surface area contributed by atoms with Crippen molar-refractivity contribution >= 4 is 33.3 Å². The molecule has 1 aliphatic rings. The molecule has 5 nitrogen and oxygen atoms in total. The van der Waals surface area contributed by atoms with Gasteiger partial charge in [-0.05, 0) is 36.4 Å². The Morgan fingerprint density at radius 1 is 1.04 bits per heavy atom. The van der Waals surface area contributed by atoms with Crippen LogP contribution in [0, 0.1) is 11.3 Å². The number of halogens is 1. The lowest BCUT2D eigenvalue weighted by Gasteiger charge is -2.36. The molecule has 0 unspecified atom stereocenters. The third-order valence-electron chi connectivity index (χ3n) is 4.03. The van der Waals surface area contributed by atoms with Crippen LogP contribution in [0.5, 0.6) is 0 Å². The van der Waals surface area contributed by atoms with E-state index in [4.69, 9.17) is 0 Å². The van der Waals surface area contributed by atoms with Crippen LogP contribution in [0.2, 0.25) is 0 Å². The van der Waals surface area contributed by atoms with E-state index in [2.05, 4.69) is 32.2 Å². The van der Waals surface area contributed by atoms with Crippen molar-refractivity contribution in [2.24, 2.45) is 0 Å². The number of urea groups is 1. The number of nitriles is 1. The molecule has 0 spiro atoms. The second-order valence-electron chi connectivity index (χ2n) is 5.54. The van der Waals surface area contributed by atoms with Crippen LogP contribution in [0.25, 0.3) is 0 Å². The van der Waals surface area contributed by atoms with E-state index in [1.54, 1.807) is 4.90 Å². The first-order chi connectivity index (χ1) is 11.7. The van der Waals surface area contributed by atoms with Crippen molar-refractivity contribution in [2.45, 2.75) is 0 Å². The van der Waals surface area contributed by atoms with E-state index in [9.17, 15) is 10.1 Å². The maximum absolute atomic E-state index is 12.4. The van der Waals surface area contributed by atoms with Gasteiger partial charge in [0.15, 0.2) is 0 Å². The second kappa shape index (κ2) is 7.37. The Morgan fingerprint density at radius 3 is 2.38 bits per heavy atom. The molecule has 1 saturated heterocycles. The molecule has 1 aliphatic heterocycles. The Morgan fingerprint density at radius 2 is 1.71 bits per heavy atom. The number of piperazine rings is 1. The minimum Gasteiger partial charge on any atom is -0.367 e. The van der Waals surface area contributed by atoms with Gasteiger partial charge in [-0.3, -0.25) is 0 Å². The number of amides is 2. The molecule has 122 valence electrons.